The number of aliphatic hydroxyl groups excluding tert-OH is 1. The summed E-state index contributed by atoms with van der Waals surface area (Å²) in [5.74, 6) is 1.33. The molecular weight excluding hydrogens is 388 g/mol. The summed E-state index contributed by atoms with van der Waals surface area (Å²) < 4.78 is 7.04. The van der Waals surface area contributed by atoms with Crippen LogP contribution in [0.15, 0.2) is 11.6 Å². The molecule has 0 radical (unpaired) electrons. The first-order valence-corrected chi connectivity index (χ1v) is 15.3. The summed E-state index contributed by atoms with van der Waals surface area (Å²) >= 11 is 0. The molecular formula is C26H46O3Si. The molecule has 3 fully saturated rings. The highest BCUT2D eigenvalue weighted by Crippen LogP contribution is 2.67. The standard InChI is InChI=1S/C26H46O3Si/c1-23(2,3)30(7,8)29-21-10-9-19-22-20(12-14-25(19,21)5)24(4)13-11-18(27)15-17(24)16-26(22,6)28/h16,18-22,27-28H,9-15H2,1-8H3/t18?,19-,20-,21-,22-,24-,25-,26?/m0/s1. The maximum Gasteiger partial charge on any atom is 0.192 e. The second-order valence-corrected chi connectivity index (χ2v) is 18.2. The minimum atomic E-state index is -1.83. The highest BCUT2D eigenvalue weighted by Gasteiger charge is 2.64. The van der Waals surface area contributed by atoms with Crippen molar-refractivity contribution in [1.82, 2.24) is 0 Å². The lowest BCUT2D eigenvalue weighted by Gasteiger charge is -2.61. The maximum atomic E-state index is 11.7. The smallest absolute Gasteiger partial charge is 0.192 e. The van der Waals surface area contributed by atoms with Crippen LogP contribution in [0.3, 0.4) is 0 Å². The van der Waals surface area contributed by atoms with Crippen LogP contribution in [0.1, 0.15) is 86.5 Å². The Bertz CT molecular complexity index is 720. The van der Waals surface area contributed by atoms with Crippen LogP contribution in [0, 0.1) is 28.6 Å². The van der Waals surface area contributed by atoms with E-state index >= 15 is 0 Å². The number of fused-ring (bicyclic) bond motifs is 5. The van der Waals surface area contributed by atoms with E-state index < -0.39 is 13.9 Å². The van der Waals surface area contributed by atoms with Crippen molar-refractivity contribution in [2.45, 2.75) is 122 Å². The minimum absolute atomic E-state index is 0.145. The molecule has 0 aromatic carbocycles. The molecule has 172 valence electrons. The Kier molecular flexibility index (Phi) is 5.31. The third-order valence-corrected chi connectivity index (χ3v) is 15.1. The average molecular weight is 435 g/mol. The molecule has 0 aromatic heterocycles. The molecule has 0 saturated heterocycles. The summed E-state index contributed by atoms with van der Waals surface area (Å²) in [5, 5.41) is 22.2. The first kappa shape index (κ1) is 23.0. The summed E-state index contributed by atoms with van der Waals surface area (Å²) in [7, 11) is -1.83. The van der Waals surface area contributed by atoms with Crippen LogP contribution < -0.4 is 0 Å². The number of aliphatic hydroxyl groups is 2. The number of hydrogen-bond donors (Lipinski definition) is 2. The van der Waals surface area contributed by atoms with Crippen molar-refractivity contribution >= 4 is 8.32 Å². The molecule has 0 aliphatic heterocycles. The lowest BCUT2D eigenvalue weighted by Crippen LogP contribution is -2.59. The molecule has 4 rings (SSSR count). The molecule has 8 atom stereocenters. The Morgan fingerprint density at radius 1 is 1.00 bits per heavy atom. The molecule has 4 aliphatic carbocycles. The lowest BCUT2D eigenvalue weighted by atomic mass is 9.45. The fraction of sp³-hybridized carbons (Fsp3) is 0.923. The molecule has 30 heavy (non-hydrogen) atoms. The predicted molar refractivity (Wildman–Crippen MR) is 126 cm³/mol. The Labute approximate surface area is 185 Å². The van der Waals surface area contributed by atoms with Gasteiger partial charge in [-0.1, -0.05) is 46.3 Å². The van der Waals surface area contributed by atoms with E-state index in [0.29, 0.717) is 23.9 Å². The van der Waals surface area contributed by atoms with Gasteiger partial charge in [-0.05, 0) is 98.6 Å². The predicted octanol–water partition coefficient (Wildman–Crippen LogP) is 6.06. The van der Waals surface area contributed by atoms with Gasteiger partial charge in [-0.3, -0.25) is 0 Å². The molecule has 0 bridgehead atoms. The number of rotatable bonds is 2. The SMILES string of the molecule is CC1(O)C=C2CC(O)CC[C@]2(C)[C@H]2CC[C@]3(C)[C@@H](O[Si](C)(C)C(C)(C)C)CC[C@H]3[C@@H]21. The average Bonchev–Trinajstić information content (AvgIpc) is 2.91. The van der Waals surface area contributed by atoms with Crippen molar-refractivity contribution in [3.05, 3.63) is 11.6 Å². The summed E-state index contributed by atoms with van der Waals surface area (Å²) in [6.45, 7) is 18.7. The zero-order valence-electron chi connectivity index (χ0n) is 20.7. The quantitative estimate of drug-likeness (QED) is 0.410. The largest absolute Gasteiger partial charge is 0.413 e. The summed E-state index contributed by atoms with van der Waals surface area (Å²) in [5.41, 5.74) is 0.847. The van der Waals surface area contributed by atoms with E-state index in [1.165, 1.54) is 24.8 Å². The molecule has 0 heterocycles. The van der Waals surface area contributed by atoms with Gasteiger partial charge in [0.05, 0.1) is 17.8 Å². The van der Waals surface area contributed by atoms with Crippen molar-refractivity contribution in [2.24, 2.45) is 28.6 Å². The van der Waals surface area contributed by atoms with Crippen molar-refractivity contribution in [3.63, 3.8) is 0 Å². The van der Waals surface area contributed by atoms with Gasteiger partial charge in [0.15, 0.2) is 8.32 Å². The molecule has 3 saturated carbocycles. The second-order valence-electron chi connectivity index (χ2n) is 13.4. The van der Waals surface area contributed by atoms with Gasteiger partial charge in [0.2, 0.25) is 0 Å². The van der Waals surface area contributed by atoms with E-state index in [2.05, 4.69) is 53.8 Å². The zero-order valence-corrected chi connectivity index (χ0v) is 21.7. The van der Waals surface area contributed by atoms with Crippen LogP contribution in [0.4, 0.5) is 0 Å². The third-order valence-electron chi connectivity index (χ3n) is 10.6. The van der Waals surface area contributed by atoms with Gasteiger partial charge >= 0.3 is 0 Å². The van der Waals surface area contributed by atoms with Crippen LogP contribution in [0.25, 0.3) is 0 Å². The Morgan fingerprint density at radius 3 is 2.30 bits per heavy atom. The van der Waals surface area contributed by atoms with E-state index in [0.717, 1.165) is 25.7 Å². The Balaban J connectivity index is 1.67. The van der Waals surface area contributed by atoms with Gasteiger partial charge in [-0.2, -0.15) is 0 Å². The van der Waals surface area contributed by atoms with Crippen molar-refractivity contribution in [1.29, 1.82) is 0 Å². The van der Waals surface area contributed by atoms with E-state index in [4.69, 9.17) is 4.43 Å². The van der Waals surface area contributed by atoms with Gasteiger partial charge in [0, 0.05) is 0 Å². The fourth-order valence-corrected chi connectivity index (χ4v) is 9.11. The van der Waals surface area contributed by atoms with Crippen LogP contribution in [-0.4, -0.2) is 36.3 Å². The topological polar surface area (TPSA) is 49.7 Å². The summed E-state index contributed by atoms with van der Waals surface area (Å²) in [6.07, 6.45) is 9.66. The van der Waals surface area contributed by atoms with E-state index in [-0.39, 0.29) is 22.0 Å². The maximum absolute atomic E-state index is 11.7. The number of hydrogen-bond acceptors (Lipinski definition) is 3. The monoisotopic (exact) mass is 434 g/mol. The third kappa shape index (κ3) is 3.31. The van der Waals surface area contributed by atoms with Gasteiger partial charge in [0.1, 0.15) is 0 Å². The van der Waals surface area contributed by atoms with Crippen LogP contribution in [0.2, 0.25) is 18.1 Å². The fourth-order valence-electron chi connectivity index (χ4n) is 7.66. The highest BCUT2D eigenvalue weighted by atomic mass is 28.4. The van der Waals surface area contributed by atoms with Gasteiger partial charge in [-0.15, -0.1) is 0 Å². The first-order chi connectivity index (χ1) is 13.6. The highest BCUT2D eigenvalue weighted by molar-refractivity contribution is 6.74. The van der Waals surface area contributed by atoms with Crippen LogP contribution in [-0.2, 0) is 4.43 Å². The molecule has 3 nitrogen and oxygen atoms in total. The molecule has 0 amide bonds. The van der Waals surface area contributed by atoms with E-state index in [9.17, 15) is 10.2 Å². The second kappa shape index (κ2) is 6.92. The molecule has 4 heteroatoms. The van der Waals surface area contributed by atoms with E-state index in [1.807, 2.05) is 6.92 Å². The molecule has 0 aromatic rings. The van der Waals surface area contributed by atoms with Gasteiger partial charge in [0.25, 0.3) is 0 Å². The normalized spacial score (nSPS) is 49.1. The summed E-state index contributed by atoms with van der Waals surface area (Å²) in [4.78, 5) is 0. The minimum Gasteiger partial charge on any atom is -0.413 e. The Hall–Kier alpha value is -0.163. The summed E-state index contributed by atoms with van der Waals surface area (Å²) in [6, 6.07) is 0. The lowest BCUT2D eigenvalue weighted by molar-refractivity contribution is -0.137. The van der Waals surface area contributed by atoms with Crippen molar-refractivity contribution < 1.29 is 14.6 Å². The van der Waals surface area contributed by atoms with Crippen molar-refractivity contribution in [2.75, 3.05) is 0 Å². The molecule has 2 unspecified atom stereocenters. The first-order valence-electron chi connectivity index (χ1n) is 12.4. The molecule has 2 N–H and O–H groups in total. The zero-order chi connectivity index (χ0) is 22.3. The van der Waals surface area contributed by atoms with Gasteiger partial charge < -0.3 is 14.6 Å². The Morgan fingerprint density at radius 2 is 1.67 bits per heavy atom. The van der Waals surface area contributed by atoms with Crippen LogP contribution >= 0.6 is 0 Å². The van der Waals surface area contributed by atoms with Gasteiger partial charge in [-0.25, -0.2) is 0 Å². The molecule has 4 aliphatic rings. The van der Waals surface area contributed by atoms with E-state index in [1.54, 1.807) is 0 Å². The van der Waals surface area contributed by atoms with Crippen LogP contribution in [0.5, 0.6) is 0 Å². The van der Waals surface area contributed by atoms with Crippen molar-refractivity contribution in [3.8, 4) is 0 Å². The molecule has 0 spiro atoms.